The van der Waals surface area contributed by atoms with Gasteiger partial charge in [0.2, 0.25) is 0 Å². The Morgan fingerprint density at radius 3 is 2.57 bits per heavy atom. The number of hydrogen-bond donors (Lipinski definition) is 1. The van der Waals surface area contributed by atoms with Crippen LogP contribution in [0, 0.1) is 10.5 Å². The molecule has 1 aromatic heterocycles. The van der Waals surface area contributed by atoms with E-state index in [0.717, 1.165) is 14.0 Å². The van der Waals surface area contributed by atoms with Crippen LogP contribution in [0.2, 0.25) is 0 Å². The molecule has 0 bridgehead atoms. The van der Waals surface area contributed by atoms with Crippen molar-refractivity contribution in [1.29, 1.82) is 0 Å². The zero-order valence-electron chi connectivity index (χ0n) is 11.0. The van der Waals surface area contributed by atoms with Gasteiger partial charge in [-0.15, -0.1) is 11.3 Å². The SMILES string of the molecule is Cc1cc(I)ccc1N1C(=O)C(O)=C(c2cccs2)C1=O. The molecule has 2 aromatic rings. The lowest BCUT2D eigenvalue weighted by Crippen LogP contribution is -2.32. The van der Waals surface area contributed by atoms with Gasteiger partial charge in [0.1, 0.15) is 5.57 Å². The molecule has 0 unspecified atom stereocenters. The minimum atomic E-state index is -0.673. The van der Waals surface area contributed by atoms with Gasteiger partial charge < -0.3 is 5.11 Å². The lowest BCUT2D eigenvalue weighted by atomic mass is 10.1. The fraction of sp³-hybridized carbons (Fsp3) is 0.0667. The summed E-state index contributed by atoms with van der Waals surface area (Å²) in [4.78, 5) is 26.4. The molecule has 0 radical (unpaired) electrons. The van der Waals surface area contributed by atoms with Crippen LogP contribution in [-0.4, -0.2) is 16.9 Å². The van der Waals surface area contributed by atoms with Crippen molar-refractivity contribution in [3.05, 3.63) is 55.5 Å². The summed E-state index contributed by atoms with van der Waals surface area (Å²) in [6, 6.07) is 8.92. The Labute approximate surface area is 138 Å². The van der Waals surface area contributed by atoms with Gasteiger partial charge in [-0.1, -0.05) is 6.07 Å². The highest BCUT2D eigenvalue weighted by molar-refractivity contribution is 14.1. The summed E-state index contributed by atoms with van der Waals surface area (Å²) in [5.74, 6) is -1.64. The van der Waals surface area contributed by atoms with Crippen molar-refractivity contribution in [3.8, 4) is 0 Å². The molecule has 0 atom stereocenters. The Morgan fingerprint density at radius 1 is 1.19 bits per heavy atom. The van der Waals surface area contributed by atoms with Crippen LogP contribution in [0.5, 0.6) is 0 Å². The Morgan fingerprint density at radius 2 is 1.95 bits per heavy atom. The molecule has 1 N–H and O–H groups in total. The summed E-state index contributed by atoms with van der Waals surface area (Å²) in [5, 5.41) is 11.8. The summed E-state index contributed by atoms with van der Waals surface area (Å²) in [7, 11) is 0. The summed E-state index contributed by atoms with van der Waals surface area (Å²) in [6.45, 7) is 1.83. The smallest absolute Gasteiger partial charge is 0.301 e. The number of carbonyl (C=O) groups excluding carboxylic acids is 2. The summed E-state index contributed by atoms with van der Waals surface area (Å²) < 4.78 is 1.02. The van der Waals surface area contributed by atoms with Gasteiger partial charge in [0.15, 0.2) is 5.76 Å². The number of benzene rings is 1. The zero-order valence-corrected chi connectivity index (χ0v) is 13.9. The maximum Gasteiger partial charge on any atom is 0.301 e. The van der Waals surface area contributed by atoms with E-state index in [1.807, 2.05) is 19.1 Å². The van der Waals surface area contributed by atoms with Gasteiger partial charge in [0.05, 0.1) is 5.69 Å². The Bertz CT molecular complexity index is 780. The molecule has 0 saturated carbocycles. The predicted octanol–water partition coefficient (Wildman–Crippen LogP) is 3.50. The summed E-state index contributed by atoms with van der Waals surface area (Å²) in [5.41, 5.74) is 1.39. The molecule has 0 saturated heterocycles. The van der Waals surface area contributed by atoms with Crippen LogP contribution in [0.4, 0.5) is 5.69 Å². The molecular weight excluding hydrogens is 401 g/mol. The fourth-order valence-corrected chi connectivity index (χ4v) is 3.66. The quantitative estimate of drug-likeness (QED) is 0.608. The second kappa shape index (κ2) is 5.27. The molecule has 1 aliphatic rings. The van der Waals surface area contributed by atoms with E-state index in [9.17, 15) is 14.7 Å². The predicted molar refractivity (Wildman–Crippen MR) is 90.3 cm³/mol. The van der Waals surface area contributed by atoms with Crippen LogP contribution in [0.3, 0.4) is 0 Å². The van der Waals surface area contributed by atoms with Crippen molar-refractivity contribution in [2.24, 2.45) is 0 Å². The van der Waals surface area contributed by atoms with Gasteiger partial charge in [-0.2, -0.15) is 0 Å². The van der Waals surface area contributed by atoms with E-state index in [1.54, 1.807) is 23.6 Å². The summed E-state index contributed by atoms with van der Waals surface area (Å²) in [6.07, 6.45) is 0. The number of rotatable bonds is 2. The maximum absolute atomic E-state index is 12.6. The molecule has 1 aliphatic heterocycles. The number of anilines is 1. The van der Waals surface area contributed by atoms with Gasteiger partial charge in [-0.3, -0.25) is 9.59 Å². The van der Waals surface area contributed by atoms with Crippen LogP contribution in [0.15, 0.2) is 41.5 Å². The first-order valence-electron chi connectivity index (χ1n) is 6.12. The van der Waals surface area contributed by atoms with E-state index in [1.165, 1.54) is 11.3 Å². The maximum atomic E-state index is 12.6. The lowest BCUT2D eigenvalue weighted by Gasteiger charge is -2.17. The van der Waals surface area contributed by atoms with Gasteiger partial charge in [-0.05, 0) is 64.7 Å². The number of imide groups is 1. The van der Waals surface area contributed by atoms with Gasteiger partial charge in [0.25, 0.3) is 5.91 Å². The molecule has 6 heteroatoms. The minimum Gasteiger partial charge on any atom is -0.502 e. The third-order valence-electron chi connectivity index (χ3n) is 3.23. The van der Waals surface area contributed by atoms with Crippen LogP contribution in [-0.2, 0) is 9.59 Å². The lowest BCUT2D eigenvalue weighted by molar-refractivity contribution is -0.121. The topological polar surface area (TPSA) is 57.6 Å². The van der Waals surface area contributed by atoms with Crippen molar-refractivity contribution in [1.82, 2.24) is 0 Å². The second-order valence-corrected chi connectivity index (χ2v) is 6.77. The van der Waals surface area contributed by atoms with Crippen molar-refractivity contribution in [2.75, 3.05) is 4.90 Å². The van der Waals surface area contributed by atoms with E-state index in [2.05, 4.69) is 22.6 Å². The molecule has 0 fully saturated rings. The highest BCUT2D eigenvalue weighted by Crippen LogP contribution is 2.35. The molecule has 4 nitrogen and oxygen atoms in total. The Balaban J connectivity index is 2.08. The largest absolute Gasteiger partial charge is 0.502 e. The number of amides is 2. The van der Waals surface area contributed by atoms with Crippen LogP contribution >= 0.6 is 33.9 Å². The standard InChI is InChI=1S/C15H10INO3S/c1-8-7-9(16)4-5-10(8)17-14(19)12(13(18)15(17)20)11-3-2-6-21-11/h2-7,18H,1H3. The number of carbonyl (C=O) groups is 2. The van der Waals surface area contributed by atoms with Crippen LogP contribution in [0.1, 0.15) is 10.4 Å². The van der Waals surface area contributed by atoms with Gasteiger partial charge in [0, 0.05) is 8.45 Å². The number of aliphatic hydroxyl groups is 1. The molecule has 106 valence electrons. The average molecular weight is 411 g/mol. The van der Waals surface area contributed by atoms with Crippen molar-refractivity contribution in [3.63, 3.8) is 0 Å². The second-order valence-electron chi connectivity index (χ2n) is 4.58. The number of halogens is 1. The number of nitrogens with zero attached hydrogens (tertiary/aromatic N) is 1. The highest BCUT2D eigenvalue weighted by atomic mass is 127. The minimum absolute atomic E-state index is 0.0768. The van der Waals surface area contributed by atoms with Gasteiger partial charge >= 0.3 is 5.91 Å². The van der Waals surface area contributed by atoms with E-state index >= 15 is 0 Å². The highest BCUT2D eigenvalue weighted by Gasteiger charge is 2.41. The molecular formula is C15H10INO3S. The first kappa shape index (κ1) is 14.3. The fourth-order valence-electron chi connectivity index (χ4n) is 2.25. The zero-order chi connectivity index (χ0) is 15.1. The molecule has 0 aliphatic carbocycles. The number of aliphatic hydroxyl groups excluding tert-OH is 1. The Hall–Kier alpha value is -1.67. The average Bonchev–Trinajstić information content (AvgIpc) is 3.01. The van der Waals surface area contributed by atoms with Crippen LogP contribution in [0.25, 0.3) is 5.57 Å². The first-order valence-corrected chi connectivity index (χ1v) is 8.08. The van der Waals surface area contributed by atoms with E-state index in [4.69, 9.17) is 0 Å². The Kier molecular flexibility index (Phi) is 3.58. The van der Waals surface area contributed by atoms with E-state index < -0.39 is 17.6 Å². The molecule has 21 heavy (non-hydrogen) atoms. The normalized spacial score (nSPS) is 15.2. The third kappa shape index (κ3) is 2.28. The molecule has 1 aromatic carbocycles. The van der Waals surface area contributed by atoms with E-state index in [-0.39, 0.29) is 5.57 Å². The van der Waals surface area contributed by atoms with Crippen LogP contribution < -0.4 is 4.90 Å². The number of aryl methyl sites for hydroxylation is 1. The van der Waals surface area contributed by atoms with Gasteiger partial charge in [-0.25, -0.2) is 4.90 Å². The number of thiophene rings is 1. The number of hydrogen-bond acceptors (Lipinski definition) is 4. The molecule has 0 spiro atoms. The van der Waals surface area contributed by atoms with Crippen molar-refractivity contribution < 1.29 is 14.7 Å². The van der Waals surface area contributed by atoms with E-state index in [0.29, 0.717) is 10.6 Å². The summed E-state index contributed by atoms with van der Waals surface area (Å²) >= 11 is 3.48. The molecule has 2 amide bonds. The van der Waals surface area contributed by atoms with Crippen molar-refractivity contribution >= 4 is 57.0 Å². The molecule has 3 rings (SSSR count). The third-order valence-corrected chi connectivity index (χ3v) is 4.79. The first-order chi connectivity index (χ1) is 10.0. The van der Waals surface area contributed by atoms with Crippen molar-refractivity contribution in [2.45, 2.75) is 6.92 Å². The monoisotopic (exact) mass is 411 g/mol. The molecule has 2 heterocycles.